The first-order valence-corrected chi connectivity index (χ1v) is 8.61. The van der Waals surface area contributed by atoms with Crippen molar-refractivity contribution in [2.75, 3.05) is 37.7 Å². The van der Waals surface area contributed by atoms with Gasteiger partial charge in [0, 0.05) is 36.3 Å². The average molecular weight is 391 g/mol. The number of hydrogen-bond acceptors (Lipinski definition) is 4. The molecule has 0 spiro atoms. The molecule has 6 heteroatoms. The zero-order valence-electron chi connectivity index (χ0n) is 13.2. The lowest BCUT2D eigenvalue weighted by atomic mass is 10.2. The number of phenolic OH excluding ortho intramolecular Hbond substituents is 1. The number of hydrogen-bond donors (Lipinski definition) is 1. The normalized spacial score (nSPS) is 14.5. The smallest absolute Gasteiger partial charge is 0.260 e. The van der Waals surface area contributed by atoms with Crippen LogP contribution in [0.4, 0.5) is 5.69 Å². The number of phenols is 1. The van der Waals surface area contributed by atoms with Gasteiger partial charge in [0.2, 0.25) is 0 Å². The van der Waals surface area contributed by atoms with Crippen molar-refractivity contribution in [3.8, 4) is 11.5 Å². The first kappa shape index (κ1) is 16.6. The number of nitrogens with zero attached hydrogens (tertiary/aromatic N) is 2. The van der Waals surface area contributed by atoms with Gasteiger partial charge in [-0.15, -0.1) is 0 Å². The van der Waals surface area contributed by atoms with Gasteiger partial charge >= 0.3 is 0 Å². The van der Waals surface area contributed by atoms with Crippen molar-refractivity contribution in [2.24, 2.45) is 0 Å². The number of halogens is 1. The highest BCUT2D eigenvalue weighted by molar-refractivity contribution is 9.10. The summed E-state index contributed by atoms with van der Waals surface area (Å²) in [6.07, 6.45) is 0. The molecule has 1 fully saturated rings. The topological polar surface area (TPSA) is 53.0 Å². The van der Waals surface area contributed by atoms with Crippen LogP contribution < -0.4 is 9.64 Å². The molecule has 1 aliphatic rings. The molecule has 1 N–H and O–H groups in total. The second-order valence-corrected chi connectivity index (χ2v) is 6.55. The molecule has 1 saturated heterocycles. The van der Waals surface area contributed by atoms with Crippen molar-refractivity contribution in [1.82, 2.24) is 4.90 Å². The van der Waals surface area contributed by atoms with E-state index in [4.69, 9.17) is 4.74 Å². The molecule has 1 heterocycles. The fourth-order valence-electron chi connectivity index (χ4n) is 2.67. The highest BCUT2D eigenvalue weighted by Crippen LogP contribution is 2.20. The van der Waals surface area contributed by atoms with Gasteiger partial charge in [0.1, 0.15) is 11.5 Å². The molecular formula is C18H19BrN2O3. The van der Waals surface area contributed by atoms with E-state index in [1.165, 1.54) is 0 Å². The minimum atomic E-state index is 0.000307. The Morgan fingerprint density at radius 1 is 1.08 bits per heavy atom. The van der Waals surface area contributed by atoms with Crippen LogP contribution in [0, 0.1) is 0 Å². The molecule has 5 nitrogen and oxygen atoms in total. The molecule has 0 saturated carbocycles. The fourth-order valence-corrected chi connectivity index (χ4v) is 3.05. The maximum Gasteiger partial charge on any atom is 0.260 e. The van der Waals surface area contributed by atoms with E-state index in [2.05, 4.69) is 20.8 Å². The number of anilines is 1. The summed E-state index contributed by atoms with van der Waals surface area (Å²) in [4.78, 5) is 16.3. The lowest BCUT2D eigenvalue weighted by molar-refractivity contribution is -0.133. The predicted octanol–water partition coefficient (Wildman–Crippen LogP) is 2.88. The number of piperazine rings is 1. The Kier molecular flexibility index (Phi) is 5.25. The molecular weight excluding hydrogens is 372 g/mol. The lowest BCUT2D eigenvalue weighted by Crippen LogP contribution is -2.50. The van der Waals surface area contributed by atoms with Crippen molar-refractivity contribution < 1.29 is 14.6 Å². The Balaban J connectivity index is 1.49. The minimum absolute atomic E-state index is 0.000307. The average Bonchev–Trinajstić information content (AvgIpc) is 2.61. The maximum absolute atomic E-state index is 12.3. The molecule has 1 aliphatic heterocycles. The van der Waals surface area contributed by atoms with Gasteiger partial charge in [0.25, 0.3) is 5.91 Å². The van der Waals surface area contributed by atoms with Gasteiger partial charge in [-0.3, -0.25) is 4.79 Å². The molecule has 0 radical (unpaired) electrons. The van der Waals surface area contributed by atoms with Gasteiger partial charge in [0.15, 0.2) is 6.61 Å². The second-order valence-electron chi connectivity index (χ2n) is 5.63. The number of ether oxygens (including phenoxy) is 1. The Bertz CT molecular complexity index is 698. The number of carbonyl (C=O) groups is 1. The van der Waals surface area contributed by atoms with E-state index in [0.717, 1.165) is 23.2 Å². The van der Waals surface area contributed by atoms with Gasteiger partial charge in [-0.05, 0) is 42.5 Å². The number of aromatic hydroxyl groups is 1. The Morgan fingerprint density at radius 3 is 2.46 bits per heavy atom. The third-order valence-electron chi connectivity index (χ3n) is 4.01. The number of rotatable bonds is 4. The SMILES string of the molecule is O=C(COc1cccc(Br)c1)N1CCN(c2ccc(O)cc2)CC1. The minimum Gasteiger partial charge on any atom is -0.508 e. The van der Waals surface area contributed by atoms with E-state index in [0.29, 0.717) is 18.8 Å². The van der Waals surface area contributed by atoms with Crippen LogP contribution in [0.2, 0.25) is 0 Å². The molecule has 2 aromatic rings. The largest absolute Gasteiger partial charge is 0.508 e. The standard InChI is InChI=1S/C18H19BrN2O3/c19-14-2-1-3-17(12-14)24-13-18(23)21-10-8-20(9-11-21)15-4-6-16(22)7-5-15/h1-7,12,22H,8-11,13H2. The Hall–Kier alpha value is -2.21. The van der Waals surface area contributed by atoms with Crippen LogP contribution in [-0.4, -0.2) is 48.7 Å². The van der Waals surface area contributed by atoms with Gasteiger partial charge in [-0.2, -0.15) is 0 Å². The maximum atomic E-state index is 12.3. The van der Waals surface area contributed by atoms with Crippen LogP contribution in [0.1, 0.15) is 0 Å². The van der Waals surface area contributed by atoms with E-state index in [1.54, 1.807) is 12.1 Å². The van der Waals surface area contributed by atoms with E-state index in [-0.39, 0.29) is 18.3 Å². The van der Waals surface area contributed by atoms with E-state index >= 15 is 0 Å². The summed E-state index contributed by atoms with van der Waals surface area (Å²) in [6, 6.07) is 14.6. The first-order valence-electron chi connectivity index (χ1n) is 7.82. The summed E-state index contributed by atoms with van der Waals surface area (Å²) in [7, 11) is 0. The molecule has 2 aromatic carbocycles. The van der Waals surface area contributed by atoms with Crippen molar-refractivity contribution in [1.29, 1.82) is 0 Å². The summed E-state index contributed by atoms with van der Waals surface area (Å²) in [6.45, 7) is 2.93. The van der Waals surface area contributed by atoms with Crippen LogP contribution in [-0.2, 0) is 4.79 Å². The van der Waals surface area contributed by atoms with Gasteiger partial charge < -0.3 is 19.6 Å². The van der Waals surface area contributed by atoms with E-state index in [9.17, 15) is 9.90 Å². The molecule has 3 rings (SSSR count). The van der Waals surface area contributed by atoms with Crippen molar-refractivity contribution in [2.45, 2.75) is 0 Å². The molecule has 0 aromatic heterocycles. The summed E-state index contributed by atoms with van der Waals surface area (Å²) in [5.41, 5.74) is 1.06. The zero-order chi connectivity index (χ0) is 16.9. The third kappa shape index (κ3) is 4.20. The van der Waals surface area contributed by atoms with Gasteiger partial charge in [-0.25, -0.2) is 0 Å². The van der Waals surface area contributed by atoms with Gasteiger partial charge in [-0.1, -0.05) is 22.0 Å². The van der Waals surface area contributed by atoms with Crippen molar-refractivity contribution in [3.63, 3.8) is 0 Å². The summed E-state index contributed by atoms with van der Waals surface area (Å²) < 4.78 is 6.49. The second kappa shape index (κ2) is 7.57. The zero-order valence-corrected chi connectivity index (χ0v) is 14.8. The van der Waals surface area contributed by atoms with Gasteiger partial charge in [0.05, 0.1) is 0 Å². The number of benzene rings is 2. The quantitative estimate of drug-likeness (QED) is 0.871. The number of carbonyl (C=O) groups excluding carboxylic acids is 1. The third-order valence-corrected chi connectivity index (χ3v) is 4.50. The lowest BCUT2D eigenvalue weighted by Gasteiger charge is -2.36. The monoisotopic (exact) mass is 390 g/mol. The Morgan fingerprint density at radius 2 is 1.79 bits per heavy atom. The fraction of sp³-hybridized carbons (Fsp3) is 0.278. The molecule has 0 atom stereocenters. The van der Waals surface area contributed by atoms with Crippen LogP contribution in [0.15, 0.2) is 53.0 Å². The molecule has 0 bridgehead atoms. The molecule has 24 heavy (non-hydrogen) atoms. The van der Waals surface area contributed by atoms with Crippen LogP contribution in [0.3, 0.4) is 0 Å². The highest BCUT2D eigenvalue weighted by Gasteiger charge is 2.21. The molecule has 126 valence electrons. The van der Waals surface area contributed by atoms with E-state index < -0.39 is 0 Å². The first-order chi connectivity index (χ1) is 11.6. The molecule has 1 amide bonds. The van der Waals surface area contributed by atoms with Crippen molar-refractivity contribution in [3.05, 3.63) is 53.0 Å². The number of amides is 1. The molecule has 0 aliphatic carbocycles. The Labute approximate surface area is 149 Å². The van der Waals surface area contributed by atoms with Crippen LogP contribution in [0.5, 0.6) is 11.5 Å². The summed E-state index contributed by atoms with van der Waals surface area (Å²) >= 11 is 3.38. The van der Waals surface area contributed by atoms with Crippen LogP contribution in [0.25, 0.3) is 0 Å². The van der Waals surface area contributed by atoms with Crippen molar-refractivity contribution >= 4 is 27.5 Å². The highest BCUT2D eigenvalue weighted by atomic mass is 79.9. The van der Waals surface area contributed by atoms with E-state index in [1.807, 2.05) is 41.3 Å². The molecule has 0 unspecified atom stereocenters. The summed E-state index contributed by atoms with van der Waals surface area (Å²) in [5, 5.41) is 9.35. The predicted molar refractivity (Wildman–Crippen MR) is 96.5 cm³/mol. The van der Waals surface area contributed by atoms with Crippen LogP contribution >= 0.6 is 15.9 Å². The summed E-state index contributed by atoms with van der Waals surface area (Å²) in [5.74, 6) is 0.943.